The lowest BCUT2D eigenvalue weighted by Crippen LogP contribution is -2.32. The second-order valence-corrected chi connectivity index (χ2v) is 4.86. The standard InChI is InChI=1S/C15H15N5O2S/c1-2-16-15(23)19-18-14(13-8-3-4-9-17-13)11-6-5-7-12(10-11)20(21)22/h3-10H,2H2,1H3,(H2,16,19,23)/b18-14+. The summed E-state index contributed by atoms with van der Waals surface area (Å²) in [7, 11) is 0. The average molecular weight is 329 g/mol. The molecule has 2 rings (SSSR count). The molecule has 0 amide bonds. The highest BCUT2D eigenvalue weighted by Crippen LogP contribution is 2.16. The Morgan fingerprint density at radius 3 is 2.83 bits per heavy atom. The lowest BCUT2D eigenvalue weighted by molar-refractivity contribution is -0.384. The fourth-order valence-corrected chi connectivity index (χ4v) is 2.04. The molecule has 0 atom stereocenters. The Labute approximate surface area is 138 Å². The fourth-order valence-electron chi connectivity index (χ4n) is 1.85. The van der Waals surface area contributed by atoms with Crippen LogP contribution in [0.3, 0.4) is 0 Å². The zero-order valence-electron chi connectivity index (χ0n) is 12.4. The predicted molar refractivity (Wildman–Crippen MR) is 92.4 cm³/mol. The minimum Gasteiger partial charge on any atom is -0.362 e. The van der Waals surface area contributed by atoms with Gasteiger partial charge in [-0.2, -0.15) is 5.10 Å². The number of pyridine rings is 1. The van der Waals surface area contributed by atoms with Crippen LogP contribution < -0.4 is 10.7 Å². The number of thiocarbonyl (C=S) groups is 1. The van der Waals surface area contributed by atoms with Crippen molar-refractivity contribution in [1.82, 2.24) is 15.7 Å². The molecule has 0 saturated carbocycles. The summed E-state index contributed by atoms with van der Waals surface area (Å²) in [6.07, 6.45) is 1.63. The second kappa shape index (κ2) is 7.95. The van der Waals surface area contributed by atoms with Crippen molar-refractivity contribution in [2.75, 3.05) is 6.54 Å². The minimum absolute atomic E-state index is 0.0135. The molecule has 0 aliphatic carbocycles. The van der Waals surface area contributed by atoms with Crippen LogP contribution in [-0.2, 0) is 0 Å². The normalized spacial score (nSPS) is 10.9. The van der Waals surface area contributed by atoms with Crippen LogP contribution in [0.4, 0.5) is 5.69 Å². The molecule has 0 bridgehead atoms. The quantitative estimate of drug-likeness (QED) is 0.378. The van der Waals surface area contributed by atoms with E-state index in [2.05, 4.69) is 20.8 Å². The van der Waals surface area contributed by atoms with Gasteiger partial charge in [-0.3, -0.25) is 20.5 Å². The van der Waals surface area contributed by atoms with Gasteiger partial charge in [-0.1, -0.05) is 18.2 Å². The molecular formula is C15H15N5O2S. The Hall–Kier alpha value is -2.87. The van der Waals surface area contributed by atoms with Crippen LogP contribution in [0, 0.1) is 10.1 Å². The molecule has 0 unspecified atom stereocenters. The van der Waals surface area contributed by atoms with Crippen molar-refractivity contribution in [3.63, 3.8) is 0 Å². The third kappa shape index (κ3) is 4.55. The first kappa shape index (κ1) is 16.5. The first-order chi connectivity index (χ1) is 11.1. The smallest absolute Gasteiger partial charge is 0.270 e. The SMILES string of the molecule is CCNC(=S)N/N=C(\c1cccc([N+](=O)[O-])c1)c1ccccn1. The first-order valence-electron chi connectivity index (χ1n) is 6.89. The summed E-state index contributed by atoms with van der Waals surface area (Å²) in [6.45, 7) is 2.58. The molecule has 23 heavy (non-hydrogen) atoms. The predicted octanol–water partition coefficient (Wildman–Crippen LogP) is 2.23. The minimum atomic E-state index is -0.448. The van der Waals surface area contributed by atoms with Crippen LogP contribution in [0.15, 0.2) is 53.8 Å². The van der Waals surface area contributed by atoms with E-state index in [1.54, 1.807) is 30.5 Å². The van der Waals surface area contributed by atoms with Crippen molar-refractivity contribution in [3.05, 3.63) is 70.0 Å². The van der Waals surface area contributed by atoms with Gasteiger partial charge >= 0.3 is 0 Å². The number of benzene rings is 1. The van der Waals surface area contributed by atoms with Crippen LogP contribution in [0.25, 0.3) is 0 Å². The number of nitrogens with zero attached hydrogens (tertiary/aromatic N) is 3. The number of nitro benzene ring substituents is 1. The molecule has 1 aromatic heterocycles. The van der Waals surface area contributed by atoms with E-state index in [1.165, 1.54) is 12.1 Å². The number of non-ortho nitro benzene ring substituents is 1. The molecular weight excluding hydrogens is 314 g/mol. The number of hydrogen-bond donors (Lipinski definition) is 2. The number of hydrogen-bond acceptors (Lipinski definition) is 5. The summed E-state index contributed by atoms with van der Waals surface area (Å²) in [6, 6.07) is 11.6. The van der Waals surface area contributed by atoms with Gasteiger partial charge in [0, 0.05) is 30.4 Å². The van der Waals surface area contributed by atoms with Crippen molar-refractivity contribution in [2.45, 2.75) is 6.92 Å². The molecule has 0 aliphatic heterocycles. The van der Waals surface area contributed by atoms with Gasteiger partial charge in [-0.15, -0.1) is 0 Å². The van der Waals surface area contributed by atoms with Crippen molar-refractivity contribution in [3.8, 4) is 0 Å². The van der Waals surface area contributed by atoms with Crippen molar-refractivity contribution < 1.29 is 4.92 Å². The zero-order chi connectivity index (χ0) is 16.7. The second-order valence-electron chi connectivity index (χ2n) is 4.45. The van der Waals surface area contributed by atoms with E-state index >= 15 is 0 Å². The van der Waals surface area contributed by atoms with E-state index in [4.69, 9.17) is 12.2 Å². The Kier molecular flexibility index (Phi) is 5.70. The highest BCUT2D eigenvalue weighted by molar-refractivity contribution is 7.80. The van der Waals surface area contributed by atoms with Gasteiger partial charge in [-0.25, -0.2) is 0 Å². The molecule has 1 heterocycles. The van der Waals surface area contributed by atoms with E-state index in [9.17, 15) is 10.1 Å². The van der Waals surface area contributed by atoms with E-state index < -0.39 is 4.92 Å². The summed E-state index contributed by atoms with van der Waals surface area (Å²) in [5.74, 6) is 0. The summed E-state index contributed by atoms with van der Waals surface area (Å²) in [4.78, 5) is 14.8. The van der Waals surface area contributed by atoms with Crippen LogP contribution in [0.2, 0.25) is 0 Å². The first-order valence-corrected chi connectivity index (χ1v) is 7.30. The largest absolute Gasteiger partial charge is 0.362 e. The summed E-state index contributed by atoms with van der Waals surface area (Å²) >= 11 is 5.08. The third-order valence-corrected chi connectivity index (χ3v) is 3.08. The van der Waals surface area contributed by atoms with Gasteiger partial charge in [0.15, 0.2) is 5.11 Å². The number of nitrogens with one attached hydrogen (secondary N) is 2. The Balaban J connectivity index is 2.41. The molecule has 0 fully saturated rings. The molecule has 0 spiro atoms. The van der Waals surface area contributed by atoms with Crippen LogP contribution in [0.1, 0.15) is 18.2 Å². The maximum atomic E-state index is 11.0. The number of hydrazone groups is 1. The van der Waals surface area contributed by atoms with Crippen molar-refractivity contribution in [2.24, 2.45) is 5.10 Å². The van der Waals surface area contributed by atoms with Crippen LogP contribution in [0.5, 0.6) is 0 Å². The molecule has 0 aliphatic rings. The molecule has 2 N–H and O–H groups in total. The van der Waals surface area contributed by atoms with Gasteiger partial charge in [0.05, 0.1) is 10.6 Å². The molecule has 0 radical (unpaired) electrons. The van der Waals surface area contributed by atoms with Gasteiger partial charge in [0.25, 0.3) is 5.69 Å². The highest BCUT2D eigenvalue weighted by atomic mass is 32.1. The topological polar surface area (TPSA) is 92.5 Å². The molecule has 8 heteroatoms. The molecule has 7 nitrogen and oxygen atoms in total. The summed E-state index contributed by atoms with van der Waals surface area (Å²) < 4.78 is 0. The van der Waals surface area contributed by atoms with Gasteiger partial charge in [0.2, 0.25) is 0 Å². The lowest BCUT2D eigenvalue weighted by atomic mass is 10.1. The average Bonchev–Trinajstić information content (AvgIpc) is 2.56. The number of aromatic nitrogens is 1. The Morgan fingerprint density at radius 2 is 2.17 bits per heavy atom. The van der Waals surface area contributed by atoms with E-state index in [1.807, 2.05) is 13.0 Å². The molecule has 2 aromatic rings. The Bertz CT molecular complexity index is 734. The van der Waals surface area contributed by atoms with Crippen LogP contribution in [-0.4, -0.2) is 27.3 Å². The Morgan fingerprint density at radius 1 is 1.35 bits per heavy atom. The zero-order valence-corrected chi connectivity index (χ0v) is 13.2. The molecule has 0 saturated heterocycles. The van der Waals surface area contributed by atoms with Crippen LogP contribution >= 0.6 is 12.2 Å². The number of rotatable bonds is 5. The monoisotopic (exact) mass is 329 g/mol. The third-order valence-electron chi connectivity index (χ3n) is 2.84. The van der Waals surface area contributed by atoms with Gasteiger partial charge < -0.3 is 5.32 Å². The fraction of sp³-hybridized carbons (Fsp3) is 0.133. The highest BCUT2D eigenvalue weighted by Gasteiger charge is 2.13. The van der Waals surface area contributed by atoms with Crippen molar-refractivity contribution >= 4 is 28.7 Å². The van der Waals surface area contributed by atoms with Crippen molar-refractivity contribution in [1.29, 1.82) is 0 Å². The number of nitro groups is 1. The lowest BCUT2D eigenvalue weighted by Gasteiger charge is -2.09. The molecule has 118 valence electrons. The van der Waals surface area contributed by atoms with E-state index in [0.717, 1.165) is 0 Å². The maximum absolute atomic E-state index is 11.0. The maximum Gasteiger partial charge on any atom is 0.270 e. The summed E-state index contributed by atoms with van der Waals surface area (Å²) in [5.41, 5.74) is 4.34. The summed E-state index contributed by atoms with van der Waals surface area (Å²) in [5, 5.41) is 18.5. The van der Waals surface area contributed by atoms with Gasteiger partial charge in [0.1, 0.15) is 5.71 Å². The van der Waals surface area contributed by atoms with Gasteiger partial charge in [-0.05, 0) is 31.3 Å². The van der Waals surface area contributed by atoms with E-state index in [0.29, 0.717) is 28.6 Å². The molecule has 1 aromatic carbocycles. The van der Waals surface area contributed by atoms with E-state index in [-0.39, 0.29) is 5.69 Å².